The fourth-order valence-electron chi connectivity index (χ4n) is 1.26. The average Bonchev–Trinajstić information content (AvgIpc) is 2.14. The summed E-state index contributed by atoms with van der Waals surface area (Å²) in [5, 5.41) is 0. The highest BCUT2D eigenvalue weighted by Crippen LogP contribution is 2.17. The highest BCUT2D eigenvalue weighted by molar-refractivity contribution is 5.66. The molecule has 1 rings (SSSR count). The molecule has 2 nitrogen and oxygen atoms in total. The minimum atomic E-state index is 0.214. The predicted molar refractivity (Wildman–Crippen MR) is 62.8 cm³/mol. The van der Waals surface area contributed by atoms with Crippen LogP contribution in [0.25, 0.3) is 5.57 Å². The van der Waals surface area contributed by atoms with Gasteiger partial charge in [-0.1, -0.05) is 18.2 Å². The van der Waals surface area contributed by atoms with Gasteiger partial charge in [0.05, 0.1) is 0 Å². The van der Waals surface area contributed by atoms with Crippen molar-refractivity contribution in [3.8, 4) is 0 Å². The van der Waals surface area contributed by atoms with E-state index in [1.807, 2.05) is 25.1 Å². The fourth-order valence-corrected chi connectivity index (χ4v) is 1.26. The van der Waals surface area contributed by atoms with E-state index < -0.39 is 0 Å². The van der Waals surface area contributed by atoms with Crippen LogP contribution < -0.4 is 11.5 Å². The Hall–Kier alpha value is -1.28. The van der Waals surface area contributed by atoms with Crippen molar-refractivity contribution in [2.24, 2.45) is 5.73 Å². The molecular weight excluding hydrogens is 172 g/mol. The number of hydrogen-bond acceptors (Lipinski definition) is 2. The topological polar surface area (TPSA) is 52.0 Å². The van der Waals surface area contributed by atoms with Crippen LogP contribution in [-0.4, -0.2) is 6.04 Å². The van der Waals surface area contributed by atoms with E-state index in [2.05, 4.69) is 19.1 Å². The van der Waals surface area contributed by atoms with Crippen LogP contribution in [0.2, 0.25) is 0 Å². The molecule has 0 aliphatic heterocycles. The number of anilines is 1. The van der Waals surface area contributed by atoms with Crippen LogP contribution in [0.3, 0.4) is 0 Å². The molecule has 4 N–H and O–H groups in total. The molecule has 1 atom stereocenters. The lowest BCUT2D eigenvalue weighted by atomic mass is 10.0. The molecule has 1 unspecified atom stereocenters. The number of benzene rings is 1. The van der Waals surface area contributed by atoms with Crippen LogP contribution in [0, 0.1) is 0 Å². The first-order valence-corrected chi connectivity index (χ1v) is 4.88. The molecule has 0 aromatic heterocycles. The summed E-state index contributed by atoms with van der Waals surface area (Å²) in [5.41, 5.74) is 14.6. The molecule has 0 spiro atoms. The number of hydrogen-bond donors (Lipinski definition) is 2. The summed E-state index contributed by atoms with van der Waals surface area (Å²) in [6.07, 6.45) is 3.06. The Labute approximate surface area is 85.6 Å². The molecule has 0 heterocycles. The SMILES string of the molecule is CC(=CCC(C)N)c1cccc(N)c1. The molecule has 1 aromatic rings. The van der Waals surface area contributed by atoms with E-state index in [-0.39, 0.29) is 6.04 Å². The number of nitrogen functional groups attached to an aromatic ring is 1. The third kappa shape index (κ3) is 3.23. The van der Waals surface area contributed by atoms with Crippen molar-refractivity contribution >= 4 is 11.3 Å². The van der Waals surface area contributed by atoms with Gasteiger partial charge in [0.25, 0.3) is 0 Å². The van der Waals surface area contributed by atoms with Gasteiger partial charge in [-0.3, -0.25) is 0 Å². The van der Waals surface area contributed by atoms with Crippen molar-refractivity contribution < 1.29 is 0 Å². The summed E-state index contributed by atoms with van der Waals surface area (Å²) in [5.74, 6) is 0. The molecule has 1 aromatic carbocycles. The summed E-state index contributed by atoms with van der Waals surface area (Å²) in [7, 11) is 0. The molecule has 0 fully saturated rings. The van der Waals surface area contributed by atoms with Crippen LogP contribution >= 0.6 is 0 Å². The highest BCUT2D eigenvalue weighted by Gasteiger charge is 1.96. The van der Waals surface area contributed by atoms with Gasteiger partial charge in [0.2, 0.25) is 0 Å². The zero-order valence-electron chi connectivity index (χ0n) is 8.83. The summed E-state index contributed by atoms with van der Waals surface area (Å²) in [6, 6.07) is 8.11. The van der Waals surface area contributed by atoms with Crippen molar-refractivity contribution in [3.63, 3.8) is 0 Å². The lowest BCUT2D eigenvalue weighted by Gasteiger charge is -2.04. The second-order valence-corrected chi connectivity index (χ2v) is 3.73. The first kappa shape index (κ1) is 10.8. The molecule has 14 heavy (non-hydrogen) atoms. The van der Waals surface area contributed by atoms with Gasteiger partial charge in [0, 0.05) is 11.7 Å². The van der Waals surface area contributed by atoms with E-state index in [1.165, 1.54) is 11.1 Å². The second-order valence-electron chi connectivity index (χ2n) is 3.73. The van der Waals surface area contributed by atoms with E-state index in [0.29, 0.717) is 0 Å². The van der Waals surface area contributed by atoms with E-state index >= 15 is 0 Å². The Morgan fingerprint density at radius 1 is 1.50 bits per heavy atom. The Balaban J connectivity index is 2.78. The van der Waals surface area contributed by atoms with E-state index in [0.717, 1.165) is 12.1 Å². The molecule has 76 valence electrons. The van der Waals surface area contributed by atoms with Gasteiger partial charge in [0.15, 0.2) is 0 Å². The Morgan fingerprint density at radius 2 is 2.21 bits per heavy atom. The third-order valence-electron chi connectivity index (χ3n) is 2.14. The van der Waals surface area contributed by atoms with Gasteiger partial charge < -0.3 is 11.5 Å². The zero-order valence-corrected chi connectivity index (χ0v) is 8.83. The maximum Gasteiger partial charge on any atom is 0.0320 e. The predicted octanol–water partition coefficient (Wildman–Crippen LogP) is 2.41. The smallest absolute Gasteiger partial charge is 0.0320 e. The summed E-state index contributed by atoms with van der Waals surface area (Å²) in [6.45, 7) is 4.08. The van der Waals surface area contributed by atoms with Crippen LogP contribution in [0.15, 0.2) is 30.3 Å². The minimum absolute atomic E-state index is 0.214. The Morgan fingerprint density at radius 3 is 2.79 bits per heavy atom. The van der Waals surface area contributed by atoms with Crippen LogP contribution in [0.4, 0.5) is 5.69 Å². The maximum atomic E-state index is 5.70. The van der Waals surface area contributed by atoms with Crippen molar-refractivity contribution in [1.29, 1.82) is 0 Å². The first-order valence-electron chi connectivity index (χ1n) is 4.88. The molecule has 2 heteroatoms. The quantitative estimate of drug-likeness (QED) is 0.719. The Kier molecular flexibility index (Phi) is 3.72. The summed E-state index contributed by atoms with van der Waals surface area (Å²) < 4.78 is 0. The van der Waals surface area contributed by atoms with Gasteiger partial charge in [-0.2, -0.15) is 0 Å². The van der Waals surface area contributed by atoms with Crippen molar-refractivity contribution in [1.82, 2.24) is 0 Å². The monoisotopic (exact) mass is 190 g/mol. The van der Waals surface area contributed by atoms with Crippen LogP contribution in [-0.2, 0) is 0 Å². The van der Waals surface area contributed by atoms with Gasteiger partial charge in [-0.25, -0.2) is 0 Å². The maximum absolute atomic E-state index is 5.70. The van der Waals surface area contributed by atoms with E-state index in [1.54, 1.807) is 0 Å². The van der Waals surface area contributed by atoms with Crippen molar-refractivity contribution in [3.05, 3.63) is 35.9 Å². The molecule has 0 amide bonds. The molecule has 0 radical (unpaired) electrons. The van der Waals surface area contributed by atoms with Gasteiger partial charge in [0.1, 0.15) is 0 Å². The van der Waals surface area contributed by atoms with Gasteiger partial charge in [-0.15, -0.1) is 0 Å². The lowest BCUT2D eigenvalue weighted by Crippen LogP contribution is -2.12. The van der Waals surface area contributed by atoms with Crippen LogP contribution in [0.1, 0.15) is 25.8 Å². The minimum Gasteiger partial charge on any atom is -0.399 e. The van der Waals surface area contributed by atoms with Crippen molar-refractivity contribution in [2.45, 2.75) is 26.3 Å². The molecule has 0 aliphatic carbocycles. The molecule has 0 aliphatic rings. The number of rotatable bonds is 3. The number of allylic oxidation sites excluding steroid dienone is 1. The Bertz CT molecular complexity index is 327. The standard InChI is InChI=1S/C12H18N2/c1-9(6-7-10(2)13)11-4-3-5-12(14)8-11/h3-6,8,10H,7,13-14H2,1-2H3. The van der Waals surface area contributed by atoms with Gasteiger partial charge in [-0.05, 0) is 43.5 Å². The zero-order chi connectivity index (χ0) is 10.6. The highest BCUT2D eigenvalue weighted by atomic mass is 14.6. The molecule has 0 saturated heterocycles. The number of nitrogens with two attached hydrogens (primary N) is 2. The summed E-state index contributed by atoms with van der Waals surface area (Å²) in [4.78, 5) is 0. The summed E-state index contributed by atoms with van der Waals surface area (Å²) >= 11 is 0. The largest absolute Gasteiger partial charge is 0.399 e. The molecule has 0 bridgehead atoms. The second kappa shape index (κ2) is 4.82. The van der Waals surface area contributed by atoms with Gasteiger partial charge >= 0.3 is 0 Å². The van der Waals surface area contributed by atoms with E-state index in [4.69, 9.17) is 11.5 Å². The van der Waals surface area contributed by atoms with Crippen LogP contribution in [0.5, 0.6) is 0 Å². The van der Waals surface area contributed by atoms with E-state index in [9.17, 15) is 0 Å². The normalized spacial score (nSPS) is 14.1. The lowest BCUT2D eigenvalue weighted by molar-refractivity contribution is 0.758. The average molecular weight is 190 g/mol. The third-order valence-corrected chi connectivity index (χ3v) is 2.14. The molecular formula is C12H18N2. The van der Waals surface area contributed by atoms with Crippen molar-refractivity contribution in [2.75, 3.05) is 5.73 Å². The first-order chi connectivity index (χ1) is 6.59. The fraction of sp³-hybridized carbons (Fsp3) is 0.333. The molecule has 0 saturated carbocycles.